The lowest BCUT2D eigenvalue weighted by Crippen LogP contribution is -2.05. The van der Waals surface area contributed by atoms with Crippen LogP contribution in [-0.4, -0.2) is 16.2 Å². The van der Waals surface area contributed by atoms with Crippen LogP contribution in [0.4, 0.5) is 0 Å². The highest BCUT2D eigenvalue weighted by Crippen LogP contribution is 2.29. The van der Waals surface area contributed by atoms with E-state index in [9.17, 15) is 5.26 Å². The van der Waals surface area contributed by atoms with Gasteiger partial charge in [0.1, 0.15) is 0 Å². The Hall–Kier alpha value is -3.29. The van der Waals surface area contributed by atoms with Crippen LogP contribution < -0.4 is 4.74 Å². The molecule has 29 heavy (non-hydrogen) atoms. The third kappa shape index (κ3) is 3.70. The third-order valence-corrected chi connectivity index (χ3v) is 5.15. The Balaban J connectivity index is 1.71. The molecule has 0 N–H and O–H groups in total. The normalized spacial score (nSPS) is 10.8. The number of rotatable bonds is 5. The van der Waals surface area contributed by atoms with Crippen molar-refractivity contribution >= 4 is 22.6 Å². The highest BCUT2D eigenvalue weighted by molar-refractivity contribution is 6.30. The summed E-state index contributed by atoms with van der Waals surface area (Å²) in [5.74, 6) is 0. The number of hydrogen-bond acceptors (Lipinski definition) is 3. The van der Waals surface area contributed by atoms with E-state index in [1.165, 1.54) is 0 Å². The minimum absolute atomic E-state index is 0.563. The topological polar surface area (TPSA) is 50.8 Å². The van der Waals surface area contributed by atoms with E-state index in [4.69, 9.17) is 16.3 Å². The second-order valence-electron chi connectivity index (χ2n) is 6.85. The Kier molecular flexibility index (Phi) is 5.24. The van der Waals surface area contributed by atoms with Gasteiger partial charge in [0, 0.05) is 10.6 Å². The molecule has 4 aromatic rings. The standard InChI is InChI=1S/C24H20ClN3O/c1-3-29-24-27-22-6-4-5-16(2)23(22)28(24)15-17-7-9-18(10-8-17)21-13-20(25)12-11-19(21)14-26/h4-13H,3,15H2,1-2H3. The van der Waals surface area contributed by atoms with E-state index in [1.54, 1.807) is 12.1 Å². The molecule has 0 aliphatic rings. The van der Waals surface area contributed by atoms with Crippen molar-refractivity contribution in [2.24, 2.45) is 0 Å². The number of ether oxygens (including phenoxy) is 1. The zero-order valence-corrected chi connectivity index (χ0v) is 17.1. The Labute approximate surface area is 175 Å². The first-order valence-electron chi connectivity index (χ1n) is 9.48. The van der Waals surface area contributed by atoms with E-state index in [2.05, 4.69) is 40.7 Å². The van der Waals surface area contributed by atoms with Gasteiger partial charge < -0.3 is 4.74 Å². The molecule has 0 fully saturated rings. The van der Waals surface area contributed by atoms with Gasteiger partial charge in [-0.3, -0.25) is 4.57 Å². The molecule has 0 atom stereocenters. The maximum absolute atomic E-state index is 9.39. The predicted octanol–water partition coefficient (Wildman–Crippen LogP) is 5.98. The summed E-state index contributed by atoms with van der Waals surface area (Å²) in [5.41, 5.74) is 6.71. The molecule has 5 heteroatoms. The Morgan fingerprint density at radius 1 is 1.10 bits per heavy atom. The number of hydrogen-bond donors (Lipinski definition) is 0. The van der Waals surface area contributed by atoms with Crippen LogP contribution in [0.15, 0.2) is 60.7 Å². The fourth-order valence-electron chi connectivity index (χ4n) is 3.55. The van der Waals surface area contributed by atoms with Gasteiger partial charge >= 0.3 is 0 Å². The van der Waals surface area contributed by atoms with Crippen molar-refractivity contribution in [3.05, 3.63) is 82.4 Å². The summed E-state index contributed by atoms with van der Waals surface area (Å²) in [4.78, 5) is 4.65. The van der Waals surface area contributed by atoms with E-state index in [-0.39, 0.29) is 0 Å². The Morgan fingerprint density at radius 2 is 1.90 bits per heavy atom. The van der Waals surface area contributed by atoms with Crippen LogP contribution in [0.2, 0.25) is 5.02 Å². The summed E-state index contributed by atoms with van der Waals surface area (Å²) < 4.78 is 7.90. The van der Waals surface area contributed by atoms with Crippen LogP contribution in [-0.2, 0) is 6.54 Å². The molecule has 1 heterocycles. The first-order valence-corrected chi connectivity index (χ1v) is 9.86. The molecular formula is C24H20ClN3O. The molecule has 0 aliphatic carbocycles. The molecule has 0 bridgehead atoms. The Bertz CT molecular complexity index is 1220. The second kappa shape index (κ2) is 7.98. The number of aromatic nitrogens is 2. The lowest BCUT2D eigenvalue weighted by Gasteiger charge is -2.11. The van der Waals surface area contributed by atoms with Crippen molar-refractivity contribution in [2.75, 3.05) is 6.61 Å². The molecule has 0 saturated heterocycles. The van der Waals surface area contributed by atoms with E-state index >= 15 is 0 Å². The van der Waals surface area contributed by atoms with Gasteiger partial charge in [-0.25, -0.2) is 0 Å². The van der Waals surface area contributed by atoms with E-state index in [0.29, 0.717) is 29.7 Å². The number of benzene rings is 3. The van der Waals surface area contributed by atoms with Crippen LogP contribution in [0.25, 0.3) is 22.2 Å². The summed E-state index contributed by atoms with van der Waals surface area (Å²) in [5, 5.41) is 10.0. The average molecular weight is 402 g/mol. The molecule has 0 radical (unpaired) electrons. The van der Waals surface area contributed by atoms with E-state index < -0.39 is 0 Å². The molecule has 0 spiro atoms. The van der Waals surface area contributed by atoms with Crippen LogP contribution in [0, 0.1) is 18.3 Å². The number of halogens is 1. The molecule has 4 nitrogen and oxygen atoms in total. The second-order valence-corrected chi connectivity index (χ2v) is 7.29. The highest BCUT2D eigenvalue weighted by Gasteiger charge is 2.14. The molecule has 4 rings (SSSR count). The minimum Gasteiger partial charge on any atom is -0.465 e. The van der Waals surface area contributed by atoms with Crippen LogP contribution in [0.5, 0.6) is 6.01 Å². The van der Waals surface area contributed by atoms with Gasteiger partial charge in [-0.1, -0.05) is 48.0 Å². The van der Waals surface area contributed by atoms with Crippen molar-refractivity contribution in [3.8, 4) is 23.2 Å². The molecule has 3 aromatic carbocycles. The molecular weight excluding hydrogens is 382 g/mol. The molecule has 0 saturated carbocycles. The zero-order chi connectivity index (χ0) is 20.4. The Morgan fingerprint density at radius 3 is 2.62 bits per heavy atom. The van der Waals surface area contributed by atoms with Crippen molar-refractivity contribution < 1.29 is 4.74 Å². The molecule has 0 aliphatic heterocycles. The fourth-order valence-corrected chi connectivity index (χ4v) is 3.73. The van der Waals surface area contributed by atoms with Gasteiger partial charge in [0.15, 0.2) is 0 Å². The fraction of sp³-hybridized carbons (Fsp3) is 0.167. The smallest absolute Gasteiger partial charge is 0.297 e. The van der Waals surface area contributed by atoms with Crippen molar-refractivity contribution in [1.29, 1.82) is 5.26 Å². The summed E-state index contributed by atoms with van der Waals surface area (Å²) in [6.07, 6.45) is 0. The van der Waals surface area contributed by atoms with E-state index in [0.717, 1.165) is 33.3 Å². The predicted molar refractivity (Wildman–Crippen MR) is 116 cm³/mol. The first-order chi connectivity index (χ1) is 14.1. The van der Waals surface area contributed by atoms with Crippen molar-refractivity contribution in [3.63, 3.8) is 0 Å². The van der Waals surface area contributed by atoms with Gasteiger partial charge in [0.05, 0.1) is 35.8 Å². The SMILES string of the molecule is CCOc1nc2cccc(C)c2n1Cc1ccc(-c2cc(Cl)ccc2C#N)cc1. The molecule has 0 unspecified atom stereocenters. The highest BCUT2D eigenvalue weighted by atomic mass is 35.5. The van der Waals surface area contributed by atoms with Gasteiger partial charge in [0.25, 0.3) is 6.01 Å². The minimum atomic E-state index is 0.563. The summed E-state index contributed by atoms with van der Waals surface area (Å²) in [6, 6.07) is 22.5. The number of fused-ring (bicyclic) bond motifs is 1. The number of aryl methyl sites for hydroxylation is 1. The van der Waals surface area contributed by atoms with Gasteiger partial charge in [0.2, 0.25) is 0 Å². The van der Waals surface area contributed by atoms with Crippen molar-refractivity contribution in [1.82, 2.24) is 9.55 Å². The lowest BCUT2D eigenvalue weighted by atomic mass is 9.99. The van der Waals surface area contributed by atoms with Crippen LogP contribution in [0.1, 0.15) is 23.6 Å². The third-order valence-electron chi connectivity index (χ3n) is 4.91. The van der Waals surface area contributed by atoms with Gasteiger partial charge in [-0.05, 0) is 54.8 Å². The zero-order valence-electron chi connectivity index (χ0n) is 16.3. The van der Waals surface area contributed by atoms with E-state index in [1.807, 2.05) is 37.3 Å². The molecule has 144 valence electrons. The molecule has 0 amide bonds. The number of nitrogens with zero attached hydrogens (tertiary/aromatic N) is 3. The van der Waals surface area contributed by atoms with Crippen LogP contribution in [0.3, 0.4) is 0 Å². The summed E-state index contributed by atoms with van der Waals surface area (Å²) in [7, 11) is 0. The first kappa shape index (κ1) is 19.0. The van der Waals surface area contributed by atoms with Gasteiger partial charge in [-0.15, -0.1) is 0 Å². The largest absolute Gasteiger partial charge is 0.465 e. The monoisotopic (exact) mass is 401 g/mol. The lowest BCUT2D eigenvalue weighted by molar-refractivity contribution is 0.301. The number of imidazole rings is 1. The van der Waals surface area contributed by atoms with Gasteiger partial charge in [-0.2, -0.15) is 10.2 Å². The number of para-hydroxylation sites is 1. The van der Waals surface area contributed by atoms with Crippen molar-refractivity contribution in [2.45, 2.75) is 20.4 Å². The quantitative estimate of drug-likeness (QED) is 0.413. The maximum Gasteiger partial charge on any atom is 0.297 e. The number of nitriles is 1. The summed E-state index contributed by atoms with van der Waals surface area (Å²) in [6.45, 7) is 5.26. The average Bonchev–Trinajstić information content (AvgIpc) is 3.07. The van der Waals surface area contributed by atoms with Crippen LogP contribution >= 0.6 is 11.6 Å². The summed E-state index contributed by atoms with van der Waals surface area (Å²) >= 11 is 6.13. The maximum atomic E-state index is 9.39. The molecule has 1 aromatic heterocycles.